The van der Waals surface area contributed by atoms with E-state index in [9.17, 15) is 13.6 Å². The van der Waals surface area contributed by atoms with Gasteiger partial charge in [0.25, 0.3) is 0 Å². The molecule has 0 aliphatic heterocycles. The molecule has 1 atom stereocenters. The van der Waals surface area contributed by atoms with Gasteiger partial charge in [-0.2, -0.15) is 5.10 Å². The number of ether oxygens (including phenoxy) is 1. The van der Waals surface area contributed by atoms with Gasteiger partial charge in [-0.3, -0.25) is 4.79 Å². The number of aliphatic hydroxyl groups excluding tert-OH is 1. The molecule has 0 aliphatic rings. The molecule has 0 saturated heterocycles. The maximum absolute atomic E-state index is 14.1. The van der Waals surface area contributed by atoms with E-state index in [0.29, 0.717) is 39.2 Å². The van der Waals surface area contributed by atoms with Crippen molar-refractivity contribution in [3.05, 3.63) is 82.3 Å². The summed E-state index contributed by atoms with van der Waals surface area (Å²) in [7, 11) is 0. The van der Waals surface area contributed by atoms with Gasteiger partial charge in [-0.15, -0.1) is 0 Å². The first-order chi connectivity index (χ1) is 16.3. The number of carbonyl (C=O) groups excluding carboxylic acids is 1. The molecule has 4 aromatic rings. The average Bonchev–Trinajstić information content (AvgIpc) is 3.23. The van der Waals surface area contributed by atoms with Crippen LogP contribution in [0.3, 0.4) is 0 Å². The standard InChI is InChI=1S/C24H21ClF2N4O3/c1-13-6-21(31-10-16(27)9-28-31)17-4-3-5-22(24(17)29-13)34-12-19-18(7-15(26)8-20(19)25)14(2)30-23(33)11-32/h3-10,14,32H,11-12H2,1-2H3,(H,30,33)/t14-/m0/s1. The van der Waals surface area contributed by atoms with Crippen molar-refractivity contribution in [1.29, 1.82) is 0 Å². The third kappa shape index (κ3) is 4.85. The van der Waals surface area contributed by atoms with Crippen LogP contribution < -0.4 is 10.1 Å². The van der Waals surface area contributed by atoms with E-state index in [-0.39, 0.29) is 11.6 Å². The van der Waals surface area contributed by atoms with Crippen LogP contribution in [0.2, 0.25) is 5.02 Å². The minimum atomic E-state index is -0.692. The lowest BCUT2D eigenvalue weighted by Gasteiger charge is -2.20. The summed E-state index contributed by atoms with van der Waals surface area (Å²) in [6, 6.07) is 8.93. The van der Waals surface area contributed by atoms with Crippen molar-refractivity contribution in [2.24, 2.45) is 0 Å². The highest BCUT2D eigenvalue weighted by molar-refractivity contribution is 6.31. The summed E-state index contributed by atoms with van der Waals surface area (Å²) in [5.41, 5.74) is 2.75. The fraction of sp³-hybridized carbons (Fsp3) is 0.208. The van der Waals surface area contributed by atoms with E-state index in [2.05, 4.69) is 15.4 Å². The monoisotopic (exact) mass is 486 g/mol. The number of halogens is 3. The van der Waals surface area contributed by atoms with E-state index >= 15 is 0 Å². The van der Waals surface area contributed by atoms with Crippen molar-refractivity contribution in [2.45, 2.75) is 26.5 Å². The highest BCUT2D eigenvalue weighted by Gasteiger charge is 2.19. The number of aliphatic hydroxyl groups is 1. The predicted molar refractivity (Wildman–Crippen MR) is 123 cm³/mol. The van der Waals surface area contributed by atoms with Gasteiger partial charge in [0.05, 0.1) is 29.1 Å². The number of nitrogens with one attached hydrogen (secondary N) is 1. The Morgan fingerprint density at radius 2 is 2.06 bits per heavy atom. The van der Waals surface area contributed by atoms with Gasteiger partial charge in [0, 0.05) is 16.6 Å². The van der Waals surface area contributed by atoms with E-state index in [0.717, 1.165) is 6.20 Å². The second-order valence-electron chi connectivity index (χ2n) is 7.73. The van der Waals surface area contributed by atoms with E-state index < -0.39 is 30.2 Å². The Bertz CT molecular complexity index is 1380. The van der Waals surface area contributed by atoms with E-state index in [1.54, 1.807) is 32.0 Å². The van der Waals surface area contributed by atoms with Gasteiger partial charge in [0.15, 0.2) is 5.82 Å². The van der Waals surface area contributed by atoms with Crippen LogP contribution in [0.4, 0.5) is 8.78 Å². The smallest absolute Gasteiger partial charge is 0.246 e. The van der Waals surface area contributed by atoms with Crippen molar-refractivity contribution >= 4 is 28.4 Å². The Morgan fingerprint density at radius 1 is 1.26 bits per heavy atom. The Balaban J connectivity index is 1.71. The zero-order valence-corrected chi connectivity index (χ0v) is 19.1. The molecule has 2 heterocycles. The SMILES string of the molecule is Cc1cc(-n2cc(F)cn2)c2cccc(OCc3c(Cl)cc(F)cc3[C@H](C)NC(=O)CO)c2n1. The summed E-state index contributed by atoms with van der Waals surface area (Å²) < 4.78 is 35.1. The van der Waals surface area contributed by atoms with Crippen LogP contribution in [0, 0.1) is 18.6 Å². The quantitative estimate of drug-likeness (QED) is 0.404. The van der Waals surface area contributed by atoms with E-state index in [1.165, 1.54) is 23.0 Å². The Hall–Kier alpha value is -3.56. The number of nitrogens with zero attached hydrogens (tertiary/aromatic N) is 3. The van der Waals surface area contributed by atoms with Gasteiger partial charge in [0.1, 0.15) is 30.3 Å². The molecule has 2 aromatic heterocycles. The molecule has 0 fully saturated rings. The van der Waals surface area contributed by atoms with Crippen molar-refractivity contribution in [2.75, 3.05) is 6.61 Å². The summed E-state index contributed by atoms with van der Waals surface area (Å²) in [5.74, 6) is -1.19. The van der Waals surface area contributed by atoms with Gasteiger partial charge in [0.2, 0.25) is 5.91 Å². The molecule has 2 N–H and O–H groups in total. The van der Waals surface area contributed by atoms with Gasteiger partial charge in [-0.05, 0) is 43.7 Å². The lowest BCUT2D eigenvalue weighted by molar-refractivity contribution is -0.124. The summed E-state index contributed by atoms with van der Waals surface area (Å²) in [6.07, 6.45) is 2.39. The number of aryl methyl sites for hydroxylation is 1. The summed E-state index contributed by atoms with van der Waals surface area (Å²) >= 11 is 6.32. The second-order valence-corrected chi connectivity index (χ2v) is 8.14. The van der Waals surface area contributed by atoms with Gasteiger partial charge >= 0.3 is 0 Å². The zero-order valence-electron chi connectivity index (χ0n) is 18.3. The van der Waals surface area contributed by atoms with Gasteiger partial charge < -0.3 is 15.2 Å². The molecule has 7 nitrogen and oxygen atoms in total. The highest BCUT2D eigenvalue weighted by Crippen LogP contribution is 2.32. The van der Waals surface area contributed by atoms with Crippen LogP contribution in [0.5, 0.6) is 5.75 Å². The molecule has 10 heteroatoms. The van der Waals surface area contributed by atoms with Crippen LogP contribution in [0.1, 0.15) is 29.8 Å². The first-order valence-corrected chi connectivity index (χ1v) is 10.8. The van der Waals surface area contributed by atoms with Gasteiger partial charge in [-0.25, -0.2) is 18.4 Å². The lowest BCUT2D eigenvalue weighted by atomic mass is 10.0. The number of hydrogen-bond donors (Lipinski definition) is 2. The Morgan fingerprint density at radius 3 is 2.76 bits per heavy atom. The van der Waals surface area contributed by atoms with Crippen LogP contribution in [0.15, 0.2) is 48.8 Å². The first kappa shape index (κ1) is 23.6. The maximum Gasteiger partial charge on any atom is 0.246 e. The number of pyridine rings is 1. The number of fused-ring (bicyclic) bond motifs is 1. The molecule has 0 spiro atoms. The molecule has 4 rings (SSSR count). The topological polar surface area (TPSA) is 89.3 Å². The molecule has 0 radical (unpaired) electrons. The van der Waals surface area contributed by atoms with Crippen LogP contribution in [-0.2, 0) is 11.4 Å². The summed E-state index contributed by atoms with van der Waals surface area (Å²) in [4.78, 5) is 16.2. The molecule has 1 amide bonds. The van der Waals surface area contributed by atoms with Crippen LogP contribution in [-0.4, -0.2) is 32.4 Å². The van der Waals surface area contributed by atoms with Crippen molar-refractivity contribution in [1.82, 2.24) is 20.1 Å². The number of para-hydroxylation sites is 1. The number of amides is 1. The minimum absolute atomic E-state index is 0.0335. The zero-order chi connectivity index (χ0) is 24.4. The number of hydrogen-bond acceptors (Lipinski definition) is 5. The van der Waals surface area contributed by atoms with Crippen molar-refractivity contribution < 1.29 is 23.4 Å². The number of benzene rings is 2. The summed E-state index contributed by atoms with van der Waals surface area (Å²) in [6.45, 7) is 2.73. The average molecular weight is 487 g/mol. The second kappa shape index (κ2) is 9.74. The third-order valence-corrected chi connectivity index (χ3v) is 5.60. The molecule has 0 bridgehead atoms. The largest absolute Gasteiger partial charge is 0.487 e. The molecule has 176 valence electrons. The number of carbonyl (C=O) groups is 1. The molecule has 0 unspecified atom stereocenters. The molecule has 2 aromatic carbocycles. The van der Waals surface area contributed by atoms with Gasteiger partial charge in [-0.1, -0.05) is 23.7 Å². The molecule has 34 heavy (non-hydrogen) atoms. The number of aromatic nitrogens is 3. The van der Waals surface area contributed by atoms with E-state index in [1.807, 2.05) is 6.07 Å². The normalized spacial score (nSPS) is 12.1. The third-order valence-electron chi connectivity index (χ3n) is 5.26. The van der Waals surface area contributed by atoms with Crippen molar-refractivity contribution in [3.63, 3.8) is 0 Å². The van der Waals surface area contributed by atoms with E-state index in [4.69, 9.17) is 21.4 Å². The molecule has 0 saturated carbocycles. The maximum atomic E-state index is 14.1. The summed E-state index contributed by atoms with van der Waals surface area (Å²) in [5, 5.41) is 16.5. The predicted octanol–water partition coefficient (Wildman–Crippen LogP) is 4.41. The molecule has 0 aliphatic carbocycles. The van der Waals surface area contributed by atoms with Crippen LogP contribution >= 0.6 is 11.6 Å². The first-order valence-electron chi connectivity index (χ1n) is 10.4. The highest BCUT2D eigenvalue weighted by atomic mass is 35.5. The van der Waals surface area contributed by atoms with Crippen molar-refractivity contribution in [3.8, 4) is 11.4 Å². The fourth-order valence-electron chi connectivity index (χ4n) is 3.74. The fourth-order valence-corrected chi connectivity index (χ4v) is 4.01. The minimum Gasteiger partial charge on any atom is -0.487 e. The number of rotatable bonds is 7. The van der Waals surface area contributed by atoms with Crippen LogP contribution in [0.25, 0.3) is 16.6 Å². The Labute approximate surface area is 198 Å². The molecular formula is C24H21ClF2N4O3. The lowest BCUT2D eigenvalue weighted by Crippen LogP contribution is -2.29. The molecular weight excluding hydrogens is 466 g/mol. The Kier molecular flexibility index (Phi) is 6.76.